The Balaban J connectivity index is 1.87. The monoisotopic (exact) mass is 480 g/mol. The maximum Gasteiger partial charge on any atom is 0.416 e. The van der Waals surface area contributed by atoms with Crippen LogP contribution in [0.4, 0.5) is 18.9 Å². The van der Waals surface area contributed by atoms with Crippen LogP contribution in [0.2, 0.25) is 0 Å². The lowest BCUT2D eigenvalue weighted by Crippen LogP contribution is -2.57. The van der Waals surface area contributed by atoms with Gasteiger partial charge in [0.05, 0.1) is 22.1 Å². The Hall–Kier alpha value is -1.51. The minimum absolute atomic E-state index is 0.00670. The third-order valence-electron chi connectivity index (χ3n) is 7.16. The summed E-state index contributed by atoms with van der Waals surface area (Å²) in [4.78, 5) is 12.6. The molecule has 4 rings (SSSR count). The van der Waals surface area contributed by atoms with Crippen molar-refractivity contribution >= 4 is 28.7 Å². The van der Waals surface area contributed by atoms with Gasteiger partial charge in [0.15, 0.2) is 0 Å². The highest BCUT2D eigenvalue weighted by atomic mass is 32.1. The zero-order valence-corrected chi connectivity index (χ0v) is 20.9. The number of benzene rings is 1. The summed E-state index contributed by atoms with van der Waals surface area (Å²) < 4.78 is 40.7. The molecule has 0 bridgehead atoms. The SMILES string of the molecule is CN1CCN([C@@H]2C(=NC(C)(C)C)N(c3cccc(C(F)(F)F)c3)C(=S)C23CCCCC3)CC1. The molecule has 182 valence electrons. The third kappa shape index (κ3) is 4.84. The van der Waals surface area contributed by atoms with E-state index in [0.717, 1.165) is 68.8 Å². The highest BCUT2D eigenvalue weighted by molar-refractivity contribution is 7.80. The molecule has 1 aromatic rings. The molecule has 33 heavy (non-hydrogen) atoms. The molecule has 0 unspecified atom stereocenters. The predicted molar refractivity (Wildman–Crippen MR) is 132 cm³/mol. The van der Waals surface area contributed by atoms with E-state index in [1.165, 1.54) is 18.6 Å². The number of hydrogen-bond donors (Lipinski definition) is 0. The van der Waals surface area contributed by atoms with E-state index in [4.69, 9.17) is 17.2 Å². The van der Waals surface area contributed by atoms with E-state index in [1.54, 1.807) is 6.07 Å². The molecular weight excluding hydrogens is 445 g/mol. The van der Waals surface area contributed by atoms with Gasteiger partial charge < -0.3 is 4.90 Å². The van der Waals surface area contributed by atoms with Crippen molar-refractivity contribution in [1.82, 2.24) is 9.80 Å². The van der Waals surface area contributed by atoms with Crippen molar-refractivity contribution in [2.75, 3.05) is 38.1 Å². The van der Waals surface area contributed by atoms with Gasteiger partial charge in [-0.3, -0.25) is 14.8 Å². The van der Waals surface area contributed by atoms with E-state index in [1.807, 2.05) is 25.7 Å². The minimum Gasteiger partial charge on any atom is -0.304 e. The van der Waals surface area contributed by atoms with Gasteiger partial charge in [0.2, 0.25) is 0 Å². The van der Waals surface area contributed by atoms with Crippen molar-refractivity contribution in [3.8, 4) is 0 Å². The normalized spacial score (nSPS) is 26.5. The molecular formula is C25H35F3N4S. The van der Waals surface area contributed by atoms with Gasteiger partial charge >= 0.3 is 6.18 Å². The summed E-state index contributed by atoms with van der Waals surface area (Å²) in [6.45, 7) is 9.87. The lowest BCUT2D eigenvalue weighted by atomic mass is 9.69. The Morgan fingerprint density at radius 2 is 1.64 bits per heavy atom. The number of halogens is 3. The van der Waals surface area contributed by atoms with Gasteiger partial charge in [0, 0.05) is 37.3 Å². The molecule has 0 radical (unpaired) electrons. The summed E-state index contributed by atoms with van der Waals surface area (Å²) in [5.41, 5.74) is -0.824. The Kier molecular flexibility index (Phi) is 6.66. The summed E-state index contributed by atoms with van der Waals surface area (Å²) in [5.74, 6) is 0.818. The van der Waals surface area contributed by atoms with Gasteiger partial charge in [-0.1, -0.05) is 37.5 Å². The van der Waals surface area contributed by atoms with Gasteiger partial charge in [0.25, 0.3) is 0 Å². The Morgan fingerprint density at radius 3 is 2.21 bits per heavy atom. The Labute approximate surface area is 200 Å². The van der Waals surface area contributed by atoms with Crippen LogP contribution in [0.25, 0.3) is 0 Å². The number of amidine groups is 1. The zero-order valence-electron chi connectivity index (χ0n) is 20.1. The highest BCUT2D eigenvalue weighted by Gasteiger charge is 2.58. The lowest BCUT2D eigenvalue weighted by Gasteiger charge is -2.45. The van der Waals surface area contributed by atoms with E-state index in [2.05, 4.69) is 16.8 Å². The summed E-state index contributed by atoms with van der Waals surface area (Å²) in [6.07, 6.45) is 0.864. The highest BCUT2D eigenvalue weighted by Crippen LogP contribution is 2.50. The summed E-state index contributed by atoms with van der Waals surface area (Å²) >= 11 is 6.15. The van der Waals surface area contributed by atoms with Crippen molar-refractivity contribution in [2.45, 2.75) is 70.6 Å². The van der Waals surface area contributed by atoms with Gasteiger partial charge in [-0.15, -0.1) is 0 Å². The lowest BCUT2D eigenvalue weighted by molar-refractivity contribution is -0.137. The topological polar surface area (TPSA) is 22.1 Å². The molecule has 1 spiro atoms. The van der Waals surface area contributed by atoms with Crippen LogP contribution in [0.5, 0.6) is 0 Å². The molecule has 0 N–H and O–H groups in total. The Bertz CT molecular complexity index is 907. The first kappa shape index (κ1) is 24.6. The number of rotatable bonds is 2. The maximum absolute atomic E-state index is 13.6. The fraction of sp³-hybridized carbons (Fsp3) is 0.680. The van der Waals surface area contributed by atoms with Crippen molar-refractivity contribution in [1.29, 1.82) is 0 Å². The van der Waals surface area contributed by atoms with Crippen LogP contribution in [-0.2, 0) is 6.18 Å². The average molecular weight is 481 g/mol. The molecule has 1 saturated carbocycles. The van der Waals surface area contributed by atoms with E-state index < -0.39 is 11.7 Å². The first-order valence-corrected chi connectivity index (χ1v) is 12.4. The molecule has 1 aromatic carbocycles. The first-order chi connectivity index (χ1) is 15.4. The Morgan fingerprint density at radius 1 is 1.00 bits per heavy atom. The fourth-order valence-electron chi connectivity index (χ4n) is 5.60. The van der Waals surface area contributed by atoms with Crippen LogP contribution in [0.1, 0.15) is 58.4 Å². The third-order valence-corrected chi connectivity index (χ3v) is 7.75. The number of nitrogens with zero attached hydrogens (tertiary/aromatic N) is 4. The molecule has 3 aliphatic rings. The largest absolute Gasteiger partial charge is 0.416 e. The minimum atomic E-state index is -4.40. The number of thiocarbonyl (C=S) groups is 1. The summed E-state index contributed by atoms with van der Waals surface area (Å²) in [7, 11) is 2.13. The van der Waals surface area contributed by atoms with Crippen molar-refractivity contribution < 1.29 is 13.2 Å². The van der Waals surface area contributed by atoms with Crippen LogP contribution >= 0.6 is 12.2 Å². The molecule has 2 aliphatic heterocycles. The van der Waals surface area contributed by atoms with Crippen LogP contribution in [0, 0.1) is 5.41 Å². The molecule has 1 atom stereocenters. The van der Waals surface area contributed by atoms with E-state index in [9.17, 15) is 13.2 Å². The molecule has 3 fully saturated rings. The smallest absolute Gasteiger partial charge is 0.304 e. The molecule has 0 aromatic heterocycles. The molecule has 8 heteroatoms. The molecule has 4 nitrogen and oxygen atoms in total. The number of anilines is 1. The van der Waals surface area contributed by atoms with Crippen molar-refractivity contribution in [2.24, 2.45) is 10.4 Å². The van der Waals surface area contributed by atoms with Gasteiger partial charge in [-0.2, -0.15) is 13.2 Å². The van der Waals surface area contributed by atoms with Gasteiger partial charge in [-0.25, -0.2) is 0 Å². The van der Waals surface area contributed by atoms with E-state index in [-0.39, 0.29) is 17.0 Å². The second-order valence-electron chi connectivity index (χ2n) is 10.8. The van der Waals surface area contributed by atoms with Crippen LogP contribution in [0.15, 0.2) is 29.3 Å². The molecule has 1 aliphatic carbocycles. The van der Waals surface area contributed by atoms with Crippen LogP contribution in [0.3, 0.4) is 0 Å². The van der Waals surface area contributed by atoms with Gasteiger partial charge in [-0.05, 0) is 58.9 Å². The predicted octanol–water partition coefficient (Wildman–Crippen LogP) is 5.62. The average Bonchev–Trinajstić information content (AvgIpc) is 2.95. The molecule has 2 heterocycles. The second kappa shape index (κ2) is 8.93. The molecule has 0 amide bonds. The number of likely N-dealkylation sites (N-methyl/N-ethyl adjacent to an activating group) is 1. The zero-order chi connectivity index (χ0) is 24.0. The van der Waals surface area contributed by atoms with E-state index in [0.29, 0.717) is 5.69 Å². The van der Waals surface area contributed by atoms with Crippen LogP contribution in [-0.4, -0.2) is 65.4 Å². The number of hydrogen-bond acceptors (Lipinski definition) is 4. The fourth-order valence-corrected chi connectivity index (χ4v) is 6.12. The standard InChI is InChI=1S/C25H35F3N4S/c1-23(2,3)29-21-20(31-15-13-30(4)14-16-31)24(11-6-5-7-12-24)22(33)32(21)19-10-8-9-18(17-19)25(26,27)28/h8-10,17,20H,5-7,11-16H2,1-4H3/t20-/m1/s1. The van der Waals surface area contributed by atoms with Crippen LogP contribution < -0.4 is 4.90 Å². The quantitative estimate of drug-likeness (QED) is 0.513. The van der Waals surface area contributed by atoms with Gasteiger partial charge in [0.1, 0.15) is 5.84 Å². The first-order valence-electron chi connectivity index (χ1n) is 12.0. The number of aliphatic imine (C=N–C) groups is 1. The summed E-state index contributed by atoms with van der Waals surface area (Å²) in [5, 5.41) is 0. The number of alkyl halides is 3. The summed E-state index contributed by atoms with van der Waals surface area (Å²) in [6, 6.07) is 5.56. The maximum atomic E-state index is 13.6. The second-order valence-corrected chi connectivity index (χ2v) is 11.2. The van der Waals surface area contributed by atoms with E-state index >= 15 is 0 Å². The number of piperazine rings is 1. The van der Waals surface area contributed by atoms with Crippen molar-refractivity contribution in [3.63, 3.8) is 0 Å². The van der Waals surface area contributed by atoms with Crippen molar-refractivity contribution in [3.05, 3.63) is 29.8 Å². The molecule has 2 saturated heterocycles.